The smallest absolute Gasteiger partial charge is 0.294 e. The maximum atomic E-state index is 13.7. The minimum atomic E-state index is -2.66. The van der Waals surface area contributed by atoms with Crippen molar-refractivity contribution in [2.45, 2.75) is 11.2 Å². The van der Waals surface area contributed by atoms with E-state index >= 15 is 0 Å². The first-order valence-electron chi connectivity index (χ1n) is 27.2. The normalized spacial score (nSPS) is 11.7. The summed E-state index contributed by atoms with van der Waals surface area (Å²) in [6, 6.07) is 129. The van der Waals surface area contributed by atoms with Crippen LogP contribution < -0.4 is 63.7 Å². The molecule has 399 valence electrons. The van der Waals surface area contributed by atoms with Gasteiger partial charge in [-0.1, -0.05) is 218 Å². The van der Waals surface area contributed by atoms with Gasteiger partial charge in [-0.05, 0) is 146 Å². The molecule has 0 aliphatic carbocycles. The van der Waals surface area contributed by atoms with Crippen LogP contribution in [-0.2, 0) is 17.1 Å². The topological polar surface area (TPSA) is 40.5 Å². The van der Waals surface area contributed by atoms with E-state index in [1.165, 1.54) is 63.7 Å². The molecule has 81 heavy (non-hydrogen) atoms. The van der Waals surface area contributed by atoms with Gasteiger partial charge >= 0.3 is 0 Å². The van der Waals surface area contributed by atoms with Crippen LogP contribution in [0.3, 0.4) is 0 Å². The first-order valence-corrected chi connectivity index (χ1v) is 34.6. The molecule has 0 bridgehead atoms. The average molecular weight is 1170 g/mol. The molecule has 12 aromatic carbocycles. The van der Waals surface area contributed by atoms with Crippen molar-refractivity contribution >= 4 is 92.7 Å². The molecular formula is C74H64CuO2P4+4. The molecule has 1 radical (unpaired) electrons. The van der Waals surface area contributed by atoms with Crippen molar-refractivity contribution in [3.05, 3.63) is 364 Å². The number of aliphatic hydroxyl groups excluding tert-OH is 2. The fraction of sp³-hybridized carbons (Fsp3) is 0.0270. The number of benzene rings is 12. The first kappa shape index (κ1) is 57.0. The Balaban J connectivity index is 0.000000180. The summed E-state index contributed by atoms with van der Waals surface area (Å²) in [6.07, 6.45) is 0. The van der Waals surface area contributed by atoms with E-state index in [0.29, 0.717) is 0 Å². The van der Waals surface area contributed by atoms with Gasteiger partial charge in [-0.15, -0.1) is 0 Å². The third kappa shape index (κ3) is 10.7. The van der Waals surface area contributed by atoms with Gasteiger partial charge in [-0.3, -0.25) is 0 Å². The Bertz CT molecular complexity index is 2880. The van der Waals surface area contributed by atoms with Crippen molar-refractivity contribution in [3.63, 3.8) is 0 Å². The van der Waals surface area contributed by atoms with E-state index in [2.05, 4.69) is 364 Å². The fourth-order valence-electron chi connectivity index (χ4n) is 11.9. The molecule has 2 nitrogen and oxygen atoms in total. The van der Waals surface area contributed by atoms with E-state index in [9.17, 15) is 10.2 Å². The summed E-state index contributed by atoms with van der Waals surface area (Å²) in [4.78, 5) is 0. The first-order chi connectivity index (χ1) is 39.6. The molecule has 0 aromatic heterocycles. The summed E-state index contributed by atoms with van der Waals surface area (Å²) < 4.78 is 0. The Hall–Kier alpha value is -7.20. The van der Waals surface area contributed by atoms with Crippen LogP contribution in [0.25, 0.3) is 0 Å². The summed E-state index contributed by atoms with van der Waals surface area (Å²) >= 11 is 0. The van der Waals surface area contributed by atoms with E-state index in [1.807, 2.05) is 0 Å². The average Bonchev–Trinajstić information content (AvgIpc) is 3.64. The summed E-state index contributed by atoms with van der Waals surface area (Å²) in [7, 11) is -10.6. The summed E-state index contributed by atoms with van der Waals surface area (Å²) in [6.45, 7) is 0. The second-order valence-corrected chi connectivity index (χ2v) is 34.4. The van der Waals surface area contributed by atoms with Gasteiger partial charge in [-0.25, -0.2) is 0 Å². The standard InChI is InChI=1S/2C37H32OP2.Cu/c2*38-37(39(31-19-7-1-8-20-31,32-21-9-2-10-22-32)33-23-11-3-12-24-33)40(34-25-13-4-14-26-34,35-27-15-5-16-28-35)36-29-17-6-18-30-36;/h2*1-30,37-38H;/q2*+2;. The van der Waals surface area contributed by atoms with E-state index in [1.54, 1.807) is 0 Å². The monoisotopic (exact) mass is 1170 g/mol. The SMILES string of the molecule is OC([P+](c1ccccc1)(c1ccccc1)c1ccccc1)[P+](c1ccccc1)(c1ccccc1)c1ccccc1.OC([P+](c1ccccc1)(c1ccccc1)c1ccccc1)[P+](c1ccccc1)(c1ccccc1)c1ccccc1.[Cu]. The second kappa shape index (κ2) is 26.6. The summed E-state index contributed by atoms with van der Waals surface area (Å²) in [5.41, 5.74) is -1.45. The van der Waals surface area contributed by atoms with Crippen molar-refractivity contribution in [2.24, 2.45) is 0 Å². The number of rotatable bonds is 16. The molecule has 0 fully saturated rings. The molecule has 7 heteroatoms. The molecule has 0 amide bonds. The van der Waals surface area contributed by atoms with Crippen molar-refractivity contribution in [2.75, 3.05) is 0 Å². The molecule has 0 saturated carbocycles. The second-order valence-electron chi connectivity index (χ2n) is 19.6. The van der Waals surface area contributed by atoms with Gasteiger partial charge in [0.05, 0.1) is 0 Å². The Kier molecular flexibility index (Phi) is 18.7. The molecule has 0 atom stereocenters. The number of aliphatic hydroxyl groups is 2. The van der Waals surface area contributed by atoms with E-state index in [-0.39, 0.29) is 17.1 Å². The van der Waals surface area contributed by atoms with Crippen molar-refractivity contribution < 1.29 is 27.3 Å². The molecule has 0 spiro atoms. The van der Waals surface area contributed by atoms with Crippen molar-refractivity contribution in [3.8, 4) is 0 Å². The van der Waals surface area contributed by atoms with Gasteiger partial charge in [0.25, 0.3) is 11.2 Å². The van der Waals surface area contributed by atoms with Crippen LogP contribution in [-0.4, -0.2) is 21.4 Å². The predicted molar refractivity (Wildman–Crippen MR) is 353 cm³/mol. The zero-order valence-electron chi connectivity index (χ0n) is 44.8. The van der Waals surface area contributed by atoms with Crippen LogP contribution >= 0.6 is 29.0 Å². The van der Waals surface area contributed by atoms with Gasteiger partial charge in [0, 0.05) is 17.1 Å². The van der Waals surface area contributed by atoms with Crippen LogP contribution in [0.2, 0.25) is 0 Å². The van der Waals surface area contributed by atoms with Crippen LogP contribution in [0.5, 0.6) is 0 Å². The van der Waals surface area contributed by atoms with Gasteiger partial charge < -0.3 is 10.2 Å². The Morgan fingerprint density at radius 2 is 0.222 bits per heavy atom. The zero-order valence-corrected chi connectivity index (χ0v) is 49.3. The van der Waals surface area contributed by atoms with Crippen LogP contribution in [0.1, 0.15) is 0 Å². The molecule has 0 heterocycles. The maximum absolute atomic E-state index is 13.7. The molecule has 0 saturated heterocycles. The molecule has 12 aromatic rings. The predicted octanol–water partition coefficient (Wildman–Crippen LogP) is 12.5. The number of hydrogen-bond acceptors (Lipinski definition) is 2. The van der Waals surface area contributed by atoms with Crippen molar-refractivity contribution in [1.29, 1.82) is 0 Å². The largest absolute Gasteiger partial charge is 0.327 e. The number of hydrogen-bond donors (Lipinski definition) is 2. The van der Waals surface area contributed by atoms with Crippen LogP contribution in [0.15, 0.2) is 364 Å². The zero-order chi connectivity index (χ0) is 54.5. The Morgan fingerprint density at radius 1 is 0.148 bits per heavy atom. The Morgan fingerprint density at radius 3 is 0.296 bits per heavy atom. The summed E-state index contributed by atoms with van der Waals surface area (Å²) in [5, 5.41) is 41.5. The van der Waals surface area contributed by atoms with Gasteiger partial charge in [0.2, 0.25) is 0 Å². The molecular weight excluding hydrogens is 1110 g/mol. The van der Waals surface area contributed by atoms with Crippen LogP contribution in [0, 0.1) is 0 Å². The van der Waals surface area contributed by atoms with Gasteiger partial charge in [0.15, 0.2) is 29.0 Å². The van der Waals surface area contributed by atoms with Gasteiger partial charge in [-0.2, -0.15) is 0 Å². The molecule has 12 rings (SSSR count). The fourth-order valence-corrected chi connectivity index (χ4v) is 35.3. The quantitative estimate of drug-likeness (QED) is 0.0748. The summed E-state index contributed by atoms with van der Waals surface area (Å²) in [5.74, 6) is 0. The van der Waals surface area contributed by atoms with E-state index in [4.69, 9.17) is 0 Å². The Labute approximate surface area is 491 Å². The van der Waals surface area contributed by atoms with E-state index in [0.717, 1.165) is 0 Å². The molecule has 0 unspecified atom stereocenters. The van der Waals surface area contributed by atoms with Gasteiger partial charge in [0.1, 0.15) is 63.7 Å². The van der Waals surface area contributed by atoms with Crippen LogP contribution in [0.4, 0.5) is 0 Å². The van der Waals surface area contributed by atoms with Crippen molar-refractivity contribution in [1.82, 2.24) is 0 Å². The molecule has 0 aliphatic rings. The maximum Gasteiger partial charge on any atom is 0.294 e. The third-order valence-corrected chi connectivity index (χ3v) is 35.6. The molecule has 0 aliphatic heterocycles. The minimum absolute atomic E-state index is 0. The molecule has 2 N–H and O–H groups in total. The van der Waals surface area contributed by atoms with E-state index < -0.39 is 40.2 Å². The minimum Gasteiger partial charge on any atom is -0.327 e. The third-order valence-electron chi connectivity index (χ3n) is 15.3.